The lowest BCUT2D eigenvalue weighted by molar-refractivity contribution is 0.199. The van der Waals surface area contributed by atoms with Gasteiger partial charge in [0.2, 0.25) is 0 Å². The Hall–Kier alpha value is -4.00. The van der Waals surface area contributed by atoms with Crippen molar-refractivity contribution in [1.29, 1.82) is 0 Å². The Morgan fingerprint density at radius 3 is 1.86 bits per heavy atom. The standard InChI is InChI=1S/C39H44O4Si/c1-30(29-43-44(39(2,3)4,34-19-10-6-11-20-34)35-21-12-7-13-22-35)36(26-27-40)38(42)25-24-32(31-16-8-5-9-17-31)28-33-18-14-15-23-37(33)41/h5-23,26,28,38,40-42H,1,24-25,27,29H2,2-4H3/b32-28-,36-26-. The van der Waals surface area contributed by atoms with Crippen LogP contribution in [0, 0.1) is 0 Å². The van der Waals surface area contributed by atoms with Crippen molar-refractivity contribution < 1.29 is 19.7 Å². The fourth-order valence-corrected chi connectivity index (χ4v) is 10.4. The third kappa shape index (κ3) is 7.74. The number of hydrogen-bond donors (Lipinski definition) is 3. The molecule has 0 aliphatic heterocycles. The molecule has 4 nitrogen and oxygen atoms in total. The molecule has 0 saturated carbocycles. The fraction of sp³-hybridized carbons (Fsp3) is 0.231. The molecule has 0 spiro atoms. The topological polar surface area (TPSA) is 69.9 Å². The summed E-state index contributed by atoms with van der Waals surface area (Å²) in [6.45, 7) is 11.0. The molecule has 0 radical (unpaired) electrons. The molecule has 4 rings (SSSR count). The highest BCUT2D eigenvalue weighted by atomic mass is 28.4. The largest absolute Gasteiger partial charge is 0.507 e. The molecule has 4 aromatic carbocycles. The molecule has 0 amide bonds. The summed E-state index contributed by atoms with van der Waals surface area (Å²) in [7, 11) is -2.81. The second kappa shape index (κ2) is 15.1. The monoisotopic (exact) mass is 604 g/mol. The Kier molecular flexibility index (Phi) is 11.3. The maximum absolute atomic E-state index is 11.5. The molecule has 0 fully saturated rings. The Labute approximate surface area is 263 Å². The van der Waals surface area contributed by atoms with Crippen LogP contribution >= 0.6 is 0 Å². The number of allylic oxidation sites excluding steroid dienone is 1. The number of aliphatic hydroxyl groups is 2. The van der Waals surface area contributed by atoms with Crippen molar-refractivity contribution in [3.8, 4) is 5.75 Å². The van der Waals surface area contributed by atoms with E-state index in [9.17, 15) is 15.3 Å². The Bertz CT molecular complexity index is 1510. The summed E-state index contributed by atoms with van der Waals surface area (Å²) in [5.74, 6) is 0.205. The van der Waals surface area contributed by atoms with E-state index < -0.39 is 14.4 Å². The lowest BCUT2D eigenvalue weighted by Crippen LogP contribution is -2.66. The number of aliphatic hydroxyl groups excluding tert-OH is 2. The first kappa shape index (κ1) is 32.9. The number of benzene rings is 4. The van der Waals surface area contributed by atoms with Gasteiger partial charge in [-0.05, 0) is 62.7 Å². The molecule has 228 valence electrons. The van der Waals surface area contributed by atoms with Gasteiger partial charge >= 0.3 is 0 Å². The molecule has 0 bridgehead atoms. The van der Waals surface area contributed by atoms with Crippen molar-refractivity contribution in [1.82, 2.24) is 0 Å². The number of aromatic hydroxyl groups is 1. The Balaban J connectivity index is 1.59. The van der Waals surface area contributed by atoms with Crippen LogP contribution in [-0.2, 0) is 4.43 Å². The molecule has 44 heavy (non-hydrogen) atoms. The minimum absolute atomic E-state index is 0.201. The van der Waals surface area contributed by atoms with Crippen molar-refractivity contribution in [2.75, 3.05) is 13.2 Å². The highest BCUT2D eigenvalue weighted by Gasteiger charge is 2.50. The van der Waals surface area contributed by atoms with Crippen LogP contribution in [0.3, 0.4) is 0 Å². The zero-order chi connectivity index (χ0) is 31.6. The Morgan fingerprint density at radius 1 is 0.818 bits per heavy atom. The smallest absolute Gasteiger partial charge is 0.261 e. The van der Waals surface area contributed by atoms with Crippen molar-refractivity contribution >= 4 is 30.3 Å². The van der Waals surface area contributed by atoms with Crippen LogP contribution in [0.4, 0.5) is 0 Å². The number of rotatable bonds is 13. The maximum Gasteiger partial charge on any atom is 0.261 e. The summed E-state index contributed by atoms with van der Waals surface area (Å²) < 4.78 is 7.06. The van der Waals surface area contributed by atoms with E-state index in [1.54, 1.807) is 18.2 Å². The lowest BCUT2D eigenvalue weighted by Gasteiger charge is -2.43. The minimum Gasteiger partial charge on any atom is -0.507 e. The van der Waals surface area contributed by atoms with E-state index >= 15 is 0 Å². The van der Waals surface area contributed by atoms with Crippen LogP contribution in [0.5, 0.6) is 5.75 Å². The predicted molar refractivity (Wildman–Crippen MR) is 186 cm³/mol. The first-order valence-electron chi connectivity index (χ1n) is 15.1. The van der Waals surface area contributed by atoms with Crippen LogP contribution in [0.25, 0.3) is 11.6 Å². The maximum atomic E-state index is 11.5. The van der Waals surface area contributed by atoms with Gasteiger partial charge in [-0.25, -0.2) is 0 Å². The van der Waals surface area contributed by atoms with Gasteiger partial charge in [-0.3, -0.25) is 0 Å². The van der Waals surface area contributed by atoms with Crippen molar-refractivity contribution in [2.45, 2.75) is 44.8 Å². The third-order valence-electron chi connectivity index (χ3n) is 8.06. The first-order chi connectivity index (χ1) is 21.2. The third-order valence-corrected chi connectivity index (χ3v) is 13.0. The number of hydrogen-bond acceptors (Lipinski definition) is 4. The molecular weight excluding hydrogens is 561 g/mol. The SMILES string of the molecule is C=C(CO[Si](c1ccccc1)(c1ccccc1)C(C)(C)C)/C(=C/CO)C(O)CC/C(=C/c1ccccc1O)c1ccccc1. The summed E-state index contributed by atoms with van der Waals surface area (Å²) >= 11 is 0. The van der Waals surface area contributed by atoms with E-state index in [0.717, 1.165) is 16.7 Å². The Morgan fingerprint density at radius 2 is 1.34 bits per heavy atom. The van der Waals surface area contributed by atoms with Gasteiger partial charge < -0.3 is 19.7 Å². The fourth-order valence-electron chi connectivity index (χ4n) is 5.85. The first-order valence-corrected chi connectivity index (χ1v) is 17.0. The molecule has 1 unspecified atom stereocenters. The summed E-state index contributed by atoms with van der Waals surface area (Å²) in [5.41, 5.74) is 3.95. The summed E-state index contributed by atoms with van der Waals surface area (Å²) in [4.78, 5) is 0. The molecule has 0 saturated heterocycles. The normalized spacial score (nSPS) is 13.5. The lowest BCUT2D eigenvalue weighted by atomic mass is 9.93. The number of para-hydroxylation sites is 1. The highest BCUT2D eigenvalue weighted by molar-refractivity contribution is 6.99. The van der Waals surface area contributed by atoms with Crippen LogP contribution in [-0.4, -0.2) is 43.0 Å². The van der Waals surface area contributed by atoms with E-state index in [4.69, 9.17) is 4.43 Å². The molecule has 0 heterocycles. The van der Waals surface area contributed by atoms with Gasteiger partial charge in [0.05, 0.1) is 19.3 Å². The van der Waals surface area contributed by atoms with E-state index in [-0.39, 0.29) is 24.0 Å². The van der Waals surface area contributed by atoms with Gasteiger partial charge in [-0.15, -0.1) is 0 Å². The molecule has 5 heteroatoms. The molecule has 0 aromatic heterocycles. The summed E-state index contributed by atoms with van der Waals surface area (Å²) in [6, 6.07) is 38.0. The molecule has 0 aliphatic carbocycles. The second-order valence-electron chi connectivity index (χ2n) is 12.0. The highest BCUT2D eigenvalue weighted by Crippen LogP contribution is 2.37. The van der Waals surface area contributed by atoms with Crippen LogP contribution < -0.4 is 10.4 Å². The minimum atomic E-state index is -2.81. The van der Waals surface area contributed by atoms with Crippen molar-refractivity contribution in [3.05, 3.63) is 150 Å². The quantitative estimate of drug-likeness (QED) is 0.0863. The summed E-state index contributed by atoms with van der Waals surface area (Å²) in [6.07, 6.45) is 3.68. The average molecular weight is 605 g/mol. The number of phenols is 1. The number of phenolic OH excluding ortho intramolecular Hbond substituents is 1. The van der Waals surface area contributed by atoms with Gasteiger partial charge in [0.1, 0.15) is 5.75 Å². The van der Waals surface area contributed by atoms with Gasteiger partial charge in [0.15, 0.2) is 0 Å². The zero-order valence-corrected chi connectivity index (χ0v) is 27.0. The van der Waals surface area contributed by atoms with Crippen molar-refractivity contribution in [2.24, 2.45) is 0 Å². The van der Waals surface area contributed by atoms with Crippen LogP contribution in [0.1, 0.15) is 44.7 Å². The van der Waals surface area contributed by atoms with Gasteiger partial charge in [0.25, 0.3) is 8.32 Å². The summed E-state index contributed by atoms with van der Waals surface area (Å²) in [5, 5.41) is 34.0. The van der Waals surface area contributed by atoms with E-state index in [1.807, 2.05) is 60.7 Å². The average Bonchev–Trinajstić information content (AvgIpc) is 3.03. The van der Waals surface area contributed by atoms with E-state index in [2.05, 4.69) is 75.9 Å². The van der Waals surface area contributed by atoms with E-state index in [0.29, 0.717) is 24.0 Å². The van der Waals surface area contributed by atoms with Gasteiger partial charge in [0, 0.05) is 5.56 Å². The van der Waals surface area contributed by atoms with Crippen LogP contribution in [0.15, 0.2) is 139 Å². The van der Waals surface area contributed by atoms with Gasteiger partial charge in [-0.2, -0.15) is 0 Å². The van der Waals surface area contributed by atoms with Crippen molar-refractivity contribution in [3.63, 3.8) is 0 Å². The van der Waals surface area contributed by atoms with E-state index in [1.165, 1.54) is 10.4 Å². The molecule has 3 N–H and O–H groups in total. The molecule has 0 aliphatic rings. The molecule has 4 aromatic rings. The predicted octanol–water partition coefficient (Wildman–Crippen LogP) is 7.13. The molecule has 1 atom stereocenters. The van der Waals surface area contributed by atoms with Crippen LogP contribution in [0.2, 0.25) is 5.04 Å². The zero-order valence-electron chi connectivity index (χ0n) is 26.0. The second-order valence-corrected chi connectivity index (χ2v) is 16.4. The van der Waals surface area contributed by atoms with Gasteiger partial charge in [-0.1, -0.05) is 143 Å². The molecular formula is C39H44O4Si.